The molecule has 158 valence electrons. The van der Waals surface area contributed by atoms with Crippen LogP contribution in [0.15, 0.2) is 23.3 Å². The second kappa shape index (κ2) is 7.06. The molecule has 1 fully saturated rings. The van der Waals surface area contributed by atoms with Gasteiger partial charge < -0.3 is 30.0 Å². The van der Waals surface area contributed by atoms with Crippen LogP contribution in [0, 0.1) is 0 Å². The number of primary amides is 1. The molecule has 0 saturated carbocycles. The molecule has 3 N–H and O–H groups in total. The number of pyridine rings is 1. The van der Waals surface area contributed by atoms with Crippen molar-refractivity contribution in [3.8, 4) is 0 Å². The Labute approximate surface area is 174 Å². The van der Waals surface area contributed by atoms with E-state index in [4.69, 9.17) is 25.2 Å². The summed E-state index contributed by atoms with van der Waals surface area (Å²) in [5, 5.41) is 3.52. The van der Waals surface area contributed by atoms with Crippen LogP contribution < -0.4 is 11.1 Å². The Hall–Kier alpha value is -2.98. The Morgan fingerprint density at radius 1 is 1.23 bits per heavy atom. The predicted molar refractivity (Wildman–Crippen MR) is 109 cm³/mol. The summed E-state index contributed by atoms with van der Waals surface area (Å²) in [6.45, 7) is 8.23. The lowest BCUT2D eigenvalue weighted by atomic mass is 10.1. The number of aliphatic imine (C=N–C) groups is 1. The van der Waals surface area contributed by atoms with E-state index in [-0.39, 0.29) is 11.9 Å². The molecule has 30 heavy (non-hydrogen) atoms. The van der Waals surface area contributed by atoms with Gasteiger partial charge >= 0.3 is 0 Å². The van der Waals surface area contributed by atoms with Crippen molar-refractivity contribution in [1.29, 1.82) is 0 Å². The van der Waals surface area contributed by atoms with Crippen molar-refractivity contribution in [3.05, 3.63) is 41.1 Å². The number of anilines is 1. The maximum absolute atomic E-state index is 11.4. The molecule has 1 amide bonds. The Kier molecular flexibility index (Phi) is 4.48. The summed E-state index contributed by atoms with van der Waals surface area (Å²) >= 11 is 0. The van der Waals surface area contributed by atoms with E-state index in [0.29, 0.717) is 19.8 Å². The Balaban J connectivity index is 1.59. The van der Waals surface area contributed by atoms with Crippen LogP contribution in [-0.4, -0.2) is 64.1 Å². The number of fused-ring (bicyclic) bond motifs is 3. The number of carbonyl (C=O) groups is 1. The van der Waals surface area contributed by atoms with Gasteiger partial charge in [-0.2, -0.15) is 0 Å². The van der Waals surface area contributed by atoms with Gasteiger partial charge in [0.05, 0.1) is 19.8 Å². The fourth-order valence-corrected chi connectivity index (χ4v) is 4.11. The van der Waals surface area contributed by atoms with Gasteiger partial charge in [-0.3, -0.25) is 9.78 Å². The number of amidine groups is 1. The van der Waals surface area contributed by atoms with Crippen LogP contribution in [0.4, 0.5) is 5.82 Å². The summed E-state index contributed by atoms with van der Waals surface area (Å²) in [6.07, 6.45) is 1.29. The maximum Gasteiger partial charge on any atom is 0.267 e. The summed E-state index contributed by atoms with van der Waals surface area (Å²) in [5.41, 5.74) is 6.76. The van der Waals surface area contributed by atoms with Crippen LogP contribution >= 0.6 is 0 Å². The third kappa shape index (κ3) is 3.12. The van der Waals surface area contributed by atoms with Gasteiger partial charge in [0.15, 0.2) is 5.84 Å². The first-order valence-corrected chi connectivity index (χ1v) is 10.1. The van der Waals surface area contributed by atoms with Crippen LogP contribution in [0.25, 0.3) is 0 Å². The smallest absolute Gasteiger partial charge is 0.267 e. The van der Waals surface area contributed by atoms with Gasteiger partial charge in [-0.25, -0.2) is 9.98 Å². The quantitative estimate of drug-likeness (QED) is 0.751. The number of rotatable bonds is 2. The minimum absolute atomic E-state index is 0.230. The molecule has 0 spiro atoms. The highest BCUT2D eigenvalue weighted by molar-refractivity contribution is 6.03. The molecule has 0 bridgehead atoms. The molecule has 2 aromatic rings. The van der Waals surface area contributed by atoms with Gasteiger partial charge in [-0.1, -0.05) is 6.07 Å². The highest BCUT2D eigenvalue weighted by Gasteiger charge is 2.38. The lowest BCUT2D eigenvalue weighted by Crippen LogP contribution is -2.43. The van der Waals surface area contributed by atoms with Crippen molar-refractivity contribution < 1.29 is 14.3 Å². The average Bonchev–Trinajstić information content (AvgIpc) is 3.14. The average molecular weight is 411 g/mol. The molecule has 5 heterocycles. The molecule has 1 unspecified atom stereocenters. The van der Waals surface area contributed by atoms with Crippen LogP contribution in [0.2, 0.25) is 0 Å². The first-order valence-electron chi connectivity index (χ1n) is 10.1. The summed E-state index contributed by atoms with van der Waals surface area (Å²) in [5.74, 6) is 2.11. The molecule has 1 atom stereocenters. The fourth-order valence-electron chi connectivity index (χ4n) is 4.11. The van der Waals surface area contributed by atoms with Crippen LogP contribution in [0.1, 0.15) is 47.6 Å². The zero-order valence-electron chi connectivity index (χ0n) is 17.1. The van der Waals surface area contributed by atoms with E-state index < -0.39 is 11.5 Å². The van der Waals surface area contributed by atoms with Gasteiger partial charge in [0, 0.05) is 31.4 Å². The van der Waals surface area contributed by atoms with E-state index in [2.05, 4.69) is 19.8 Å². The number of hydrogen-bond donors (Lipinski definition) is 2. The number of hydrogen-bond acceptors (Lipinski definition) is 8. The minimum atomic E-state index is -0.551. The molecule has 5 rings (SSSR count). The largest absolute Gasteiger partial charge is 0.378 e. The monoisotopic (exact) mass is 411 g/mol. The second-order valence-electron chi connectivity index (χ2n) is 8.08. The van der Waals surface area contributed by atoms with E-state index in [0.717, 1.165) is 48.4 Å². The minimum Gasteiger partial charge on any atom is -0.378 e. The molecule has 0 aromatic carbocycles. The predicted octanol–water partition coefficient (Wildman–Crippen LogP) is 0.845. The lowest BCUT2D eigenvalue weighted by molar-refractivity contribution is -0.0535. The van der Waals surface area contributed by atoms with Crippen molar-refractivity contribution in [3.63, 3.8) is 0 Å². The van der Waals surface area contributed by atoms with Crippen LogP contribution in [0.5, 0.6) is 0 Å². The Morgan fingerprint density at radius 2 is 2.03 bits per heavy atom. The molecule has 2 aromatic heterocycles. The number of nitrogens with zero attached hydrogens (tertiary/aromatic N) is 5. The van der Waals surface area contributed by atoms with Gasteiger partial charge in [0.2, 0.25) is 0 Å². The fraction of sp³-hybridized carbons (Fsp3) is 0.500. The highest BCUT2D eigenvalue weighted by atomic mass is 16.5. The first-order chi connectivity index (χ1) is 14.4. The SMILES string of the molecule is CC1(C)OCCn2c1nc1c2NC(c2ccc(C(N)=O)nc2)N=C1N1CCOCC1. The van der Waals surface area contributed by atoms with E-state index in [9.17, 15) is 4.79 Å². The van der Waals surface area contributed by atoms with E-state index >= 15 is 0 Å². The number of amides is 1. The van der Waals surface area contributed by atoms with E-state index in [1.807, 2.05) is 19.9 Å². The van der Waals surface area contributed by atoms with Gasteiger partial charge in [0.1, 0.15) is 34.8 Å². The Morgan fingerprint density at radius 3 is 2.73 bits per heavy atom. The third-order valence-electron chi connectivity index (χ3n) is 5.69. The summed E-state index contributed by atoms with van der Waals surface area (Å²) in [6, 6.07) is 3.46. The number of nitrogens with two attached hydrogens (primary N) is 1. The van der Waals surface area contributed by atoms with Crippen LogP contribution in [-0.2, 0) is 21.6 Å². The number of ether oxygens (including phenoxy) is 2. The van der Waals surface area contributed by atoms with Crippen molar-refractivity contribution >= 4 is 17.6 Å². The number of imidazole rings is 1. The number of nitrogens with one attached hydrogen (secondary N) is 1. The van der Waals surface area contributed by atoms with Crippen LogP contribution in [0.3, 0.4) is 0 Å². The molecule has 3 aliphatic rings. The number of carbonyl (C=O) groups excluding carboxylic acids is 1. The zero-order valence-corrected chi connectivity index (χ0v) is 17.1. The van der Waals surface area contributed by atoms with Gasteiger partial charge in [0.25, 0.3) is 5.91 Å². The summed E-state index contributed by atoms with van der Waals surface area (Å²) < 4.78 is 13.7. The molecule has 3 aliphatic heterocycles. The third-order valence-corrected chi connectivity index (χ3v) is 5.69. The lowest BCUT2D eigenvalue weighted by Gasteiger charge is -2.34. The zero-order chi connectivity index (χ0) is 20.9. The Bertz CT molecular complexity index is 1010. The number of morpholine rings is 1. The molecule has 10 heteroatoms. The summed E-state index contributed by atoms with van der Waals surface area (Å²) in [7, 11) is 0. The van der Waals surface area contributed by atoms with E-state index in [1.165, 1.54) is 0 Å². The van der Waals surface area contributed by atoms with Crippen molar-refractivity contribution in [1.82, 2.24) is 19.4 Å². The maximum atomic E-state index is 11.4. The molecule has 1 saturated heterocycles. The second-order valence-corrected chi connectivity index (χ2v) is 8.08. The van der Waals surface area contributed by atoms with Crippen molar-refractivity contribution in [2.75, 3.05) is 38.2 Å². The topological polar surface area (TPSA) is 120 Å². The van der Waals surface area contributed by atoms with Crippen molar-refractivity contribution in [2.24, 2.45) is 10.7 Å². The standard InChI is InChI=1S/C20H25N7O3/c1-20(2)19-23-14-17(26-5-8-29-9-6-26)24-16(25-18(14)27(19)7-10-30-20)12-3-4-13(15(21)28)22-11-12/h3-4,11,16,25H,5-10H2,1-2H3,(H2,21,28). The molecule has 0 radical (unpaired) electrons. The first kappa shape index (κ1) is 19.0. The summed E-state index contributed by atoms with van der Waals surface area (Å²) in [4.78, 5) is 27.7. The molecule has 0 aliphatic carbocycles. The molecular formula is C20H25N7O3. The molecule has 10 nitrogen and oxygen atoms in total. The molecular weight excluding hydrogens is 386 g/mol. The highest BCUT2D eigenvalue weighted by Crippen LogP contribution is 2.37. The van der Waals surface area contributed by atoms with Crippen molar-refractivity contribution in [2.45, 2.75) is 32.2 Å². The van der Waals surface area contributed by atoms with E-state index in [1.54, 1.807) is 12.3 Å². The van der Waals surface area contributed by atoms with Gasteiger partial charge in [-0.15, -0.1) is 0 Å². The number of aromatic nitrogens is 3. The normalized spacial score (nSPS) is 22.5. The van der Waals surface area contributed by atoms with Gasteiger partial charge in [-0.05, 0) is 19.9 Å².